The maximum Gasteiger partial charge on any atom is 0.256 e. The van der Waals surface area contributed by atoms with Gasteiger partial charge in [0.25, 0.3) is 5.91 Å². The lowest BCUT2D eigenvalue weighted by Gasteiger charge is -2.37. The highest BCUT2D eigenvalue weighted by Gasteiger charge is 2.34. The number of oxazole rings is 1. The predicted molar refractivity (Wildman–Crippen MR) is 112 cm³/mol. The molecule has 164 valence electrons. The first-order valence-electron chi connectivity index (χ1n) is 10.4. The minimum Gasteiger partial charge on any atom is -0.440 e. The number of fused-ring (bicyclic) bond motifs is 1. The van der Waals surface area contributed by atoms with Gasteiger partial charge in [-0.15, -0.1) is 0 Å². The molecule has 2 aromatic heterocycles. The average Bonchev–Trinajstić information content (AvgIpc) is 3.44. The van der Waals surface area contributed by atoms with Gasteiger partial charge in [0.2, 0.25) is 0 Å². The summed E-state index contributed by atoms with van der Waals surface area (Å²) in [6.45, 7) is 4.28. The van der Waals surface area contributed by atoms with E-state index >= 15 is 0 Å². The Bertz CT molecular complexity index is 1300. The number of aryl methyl sites for hydroxylation is 1. The van der Waals surface area contributed by atoms with Crippen LogP contribution in [0.2, 0.25) is 0 Å². The first-order valence-corrected chi connectivity index (χ1v) is 10.4. The number of rotatable bonds is 3. The second-order valence-electron chi connectivity index (χ2n) is 8.21. The second kappa shape index (κ2) is 7.81. The SMILES string of the molecule is Cc1ccc(-n2nccn2)c(C(=O)N2C[C@H](c3nc4c(F)cc(F)cc4o3)CC[C@H]2C)c1. The lowest BCUT2D eigenvalue weighted by molar-refractivity contribution is 0.0597. The normalized spacial score (nSPS) is 18.9. The van der Waals surface area contributed by atoms with Crippen LogP contribution in [0, 0.1) is 18.6 Å². The summed E-state index contributed by atoms with van der Waals surface area (Å²) in [5.41, 5.74) is 2.11. The quantitative estimate of drug-likeness (QED) is 0.475. The Kier molecular flexibility index (Phi) is 4.96. The topological polar surface area (TPSA) is 77.1 Å². The smallest absolute Gasteiger partial charge is 0.256 e. The predicted octanol–water partition coefficient (Wildman–Crippen LogP) is 4.40. The molecule has 2 aromatic carbocycles. The highest BCUT2D eigenvalue weighted by atomic mass is 19.1. The zero-order valence-electron chi connectivity index (χ0n) is 17.6. The molecule has 2 atom stereocenters. The van der Waals surface area contributed by atoms with E-state index in [0.29, 0.717) is 23.7 Å². The third-order valence-corrected chi connectivity index (χ3v) is 5.94. The molecule has 7 nitrogen and oxygen atoms in total. The number of amides is 1. The third kappa shape index (κ3) is 3.53. The van der Waals surface area contributed by atoms with Gasteiger partial charge in [-0.05, 0) is 38.8 Å². The number of benzene rings is 2. The van der Waals surface area contributed by atoms with Gasteiger partial charge in [-0.3, -0.25) is 4.79 Å². The molecule has 3 heterocycles. The Hall–Kier alpha value is -3.62. The van der Waals surface area contributed by atoms with Gasteiger partial charge < -0.3 is 9.32 Å². The van der Waals surface area contributed by atoms with E-state index in [9.17, 15) is 13.6 Å². The number of carbonyl (C=O) groups is 1. The number of halogens is 2. The molecule has 0 bridgehead atoms. The summed E-state index contributed by atoms with van der Waals surface area (Å²) in [5, 5.41) is 8.34. The minimum atomic E-state index is -0.761. The summed E-state index contributed by atoms with van der Waals surface area (Å²) in [4.78, 5) is 21.1. The fourth-order valence-corrected chi connectivity index (χ4v) is 4.23. The van der Waals surface area contributed by atoms with Gasteiger partial charge in [0.05, 0.1) is 29.6 Å². The molecule has 1 aliphatic rings. The zero-order chi connectivity index (χ0) is 22.4. The Morgan fingerprint density at radius 1 is 1.12 bits per heavy atom. The molecule has 0 unspecified atom stereocenters. The molecule has 1 fully saturated rings. The van der Waals surface area contributed by atoms with Crippen molar-refractivity contribution >= 4 is 17.0 Å². The van der Waals surface area contributed by atoms with Crippen LogP contribution < -0.4 is 0 Å². The van der Waals surface area contributed by atoms with Gasteiger partial charge in [-0.2, -0.15) is 15.0 Å². The van der Waals surface area contributed by atoms with E-state index in [4.69, 9.17) is 4.42 Å². The van der Waals surface area contributed by atoms with Gasteiger partial charge >= 0.3 is 0 Å². The van der Waals surface area contributed by atoms with Crippen LogP contribution in [0.5, 0.6) is 0 Å². The van der Waals surface area contributed by atoms with Crippen molar-refractivity contribution in [1.29, 1.82) is 0 Å². The summed E-state index contributed by atoms with van der Waals surface area (Å²) in [6.07, 6.45) is 4.57. The number of hydrogen-bond donors (Lipinski definition) is 0. The lowest BCUT2D eigenvalue weighted by Crippen LogP contribution is -2.45. The van der Waals surface area contributed by atoms with E-state index in [2.05, 4.69) is 15.2 Å². The molecule has 32 heavy (non-hydrogen) atoms. The van der Waals surface area contributed by atoms with Crippen molar-refractivity contribution in [3.63, 3.8) is 0 Å². The van der Waals surface area contributed by atoms with Gasteiger partial charge in [-0.1, -0.05) is 11.6 Å². The van der Waals surface area contributed by atoms with Crippen molar-refractivity contribution in [2.75, 3.05) is 6.54 Å². The van der Waals surface area contributed by atoms with Gasteiger partial charge in [0, 0.05) is 24.7 Å². The van der Waals surface area contributed by atoms with Crippen LogP contribution in [0.1, 0.15) is 47.5 Å². The second-order valence-corrected chi connectivity index (χ2v) is 8.21. The van der Waals surface area contributed by atoms with E-state index in [-0.39, 0.29) is 29.0 Å². The van der Waals surface area contributed by atoms with E-state index in [0.717, 1.165) is 30.5 Å². The molecule has 1 saturated heterocycles. The molecule has 0 aliphatic carbocycles. The van der Waals surface area contributed by atoms with Crippen LogP contribution in [0.15, 0.2) is 47.1 Å². The van der Waals surface area contributed by atoms with Crippen molar-refractivity contribution in [2.45, 2.75) is 38.6 Å². The molecule has 1 amide bonds. The molecule has 1 aliphatic heterocycles. The molecule has 9 heteroatoms. The van der Waals surface area contributed by atoms with Gasteiger partial charge in [0.1, 0.15) is 11.3 Å². The third-order valence-electron chi connectivity index (χ3n) is 5.94. The first-order chi connectivity index (χ1) is 15.4. The van der Waals surface area contributed by atoms with Crippen molar-refractivity contribution < 1.29 is 18.0 Å². The lowest BCUT2D eigenvalue weighted by atomic mass is 9.92. The summed E-state index contributed by atoms with van der Waals surface area (Å²) in [7, 11) is 0. The van der Waals surface area contributed by atoms with E-state index in [1.54, 1.807) is 17.3 Å². The van der Waals surface area contributed by atoms with Crippen molar-refractivity contribution in [3.8, 4) is 5.69 Å². The van der Waals surface area contributed by atoms with E-state index in [1.165, 1.54) is 4.80 Å². The Balaban J connectivity index is 1.48. The Morgan fingerprint density at radius 3 is 2.69 bits per heavy atom. The van der Waals surface area contributed by atoms with E-state index < -0.39 is 11.6 Å². The molecular weight excluding hydrogens is 416 g/mol. The van der Waals surface area contributed by atoms with Crippen LogP contribution in [0.3, 0.4) is 0 Å². The van der Waals surface area contributed by atoms with Gasteiger partial charge in [-0.25, -0.2) is 13.8 Å². The molecule has 5 rings (SSSR count). The van der Waals surface area contributed by atoms with Crippen LogP contribution in [0.25, 0.3) is 16.8 Å². The summed E-state index contributed by atoms with van der Waals surface area (Å²) >= 11 is 0. The molecule has 0 radical (unpaired) electrons. The molecule has 0 spiro atoms. The van der Waals surface area contributed by atoms with Crippen molar-refractivity contribution in [1.82, 2.24) is 24.9 Å². The Labute approximate surface area is 182 Å². The highest BCUT2D eigenvalue weighted by molar-refractivity contribution is 5.98. The summed E-state index contributed by atoms with van der Waals surface area (Å²) in [5.74, 6) is -1.53. The molecule has 0 saturated carbocycles. The van der Waals surface area contributed by atoms with Crippen molar-refractivity contribution in [2.24, 2.45) is 0 Å². The maximum atomic E-state index is 14.1. The van der Waals surface area contributed by atoms with Crippen LogP contribution in [0.4, 0.5) is 8.78 Å². The number of aromatic nitrogens is 4. The number of piperidine rings is 1. The monoisotopic (exact) mass is 437 g/mol. The molecule has 4 aromatic rings. The maximum absolute atomic E-state index is 14.1. The zero-order valence-corrected chi connectivity index (χ0v) is 17.6. The van der Waals surface area contributed by atoms with Crippen molar-refractivity contribution in [3.05, 3.63) is 71.4 Å². The van der Waals surface area contributed by atoms with Crippen LogP contribution in [-0.4, -0.2) is 43.4 Å². The number of carbonyl (C=O) groups excluding carboxylic acids is 1. The van der Waals surface area contributed by atoms with Crippen LogP contribution >= 0.6 is 0 Å². The average molecular weight is 437 g/mol. The fourth-order valence-electron chi connectivity index (χ4n) is 4.23. The summed E-state index contributed by atoms with van der Waals surface area (Å²) < 4.78 is 33.3. The minimum absolute atomic E-state index is 0.00336. The molecular formula is C23H21F2N5O2. The van der Waals surface area contributed by atoms with Gasteiger partial charge in [0.15, 0.2) is 17.3 Å². The Morgan fingerprint density at radius 2 is 1.91 bits per heavy atom. The van der Waals surface area contributed by atoms with Crippen LogP contribution in [-0.2, 0) is 0 Å². The highest BCUT2D eigenvalue weighted by Crippen LogP contribution is 2.33. The van der Waals surface area contributed by atoms with E-state index in [1.807, 2.05) is 32.0 Å². The number of nitrogens with zero attached hydrogens (tertiary/aromatic N) is 5. The largest absolute Gasteiger partial charge is 0.440 e. The standard InChI is InChI=1S/C23H21F2N5O2/c1-13-3-6-19(30-26-7-8-27-30)17(9-13)23(31)29-12-15(5-4-14(29)2)22-28-21-18(25)10-16(24)11-20(21)32-22/h3,6-11,14-15H,4-5,12H2,1-2H3/t14-,15-/m1/s1. The fraction of sp³-hybridized carbons (Fsp3) is 0.304. The first kappa shape index (κ1) is 20.3. The summed E-state index contributed by atoms with van der Waals surface area (Å²) in [6, 6.07) is 7.47. The molecule has 0 N–H and O–H groups in total. The number of likely N-dealkylation sites (tertiary alicyclic amines) is 1. The number of hydrogen-bond acceptors (Lipinski definition) is 5.